The quantitative estimate of drug-likeness (QED) is 0.891. The number of carboxylic acid groups (broad SMARTS) is 1. The van der Waals surface area contributed by atoms with Gasteiger partial charge in [-0.15, -0.1) is 0 Å². The normalized spacial score (nSPS) is 14.6. The first-order valence-electron chi connectivity index (χ1n) is 7.69. The van der Waals surface area contributed by atoms with E-state index in [9.17, 15) is 9.90 Å². The lowest BCUT2D eigenvalue weighted by atomic mass is 10.1. The van der Waals surface area contributed by atoms with E-state index in [2.05, 4.69) is 16.3 Å². The fourth-order valence-electron chi connectivity index (χ4n) is 2.91. The number of hydrogen-bond donors (Lipinski definition) is 2. The van der Waals surface area contributed by atoms with Crippen LogP contribution in [0, 0.1) is 0 Å². The molecule has 0 unspecified atom stereocenters. The molecule has 0 aliphatic carbocycles. The molecule has 1 heterocycles. The van der Waals surface area contributed by atoms with E-state index in [1.54, 1.807) is 18.2 Å². The highest BCUT2D eigenvalue weighted by Gasteiger charge is 2.15. The molecule has 3 rings (SSSR count). The van der Waals surface area contributed by atoms with Crippen LogP contribution >= 0.6 is 0 Å². The van der Waals surface area contributed by atoms with Crippen LogP contribution in [0.1, 0.15) is 29.6 Å². The summed E-state index contributed by atoms with van der Waals surface area (Å²) in [7, 11) is 0. The third-order valence-corrected chi connectivity index (χ3v) is 4.03. The summed E-state index contributed by atoms with van der Waals surface area (Å²) in [5, 5.41) is 12.6. The highest BCUT2D eigenvalue weighted by atomic mass is 16.4. The highest BCUT2D eigenvalue weighted by molar-refractivity contribution is 5.95. The number of piperidine rings is 1. The molecule has 22 heavy (non-hydrogen) atoms. The van der Waals surface area contributed by atoms with Gasteiger partial charge in [0.25, 0.3) is 0 Å². The monoisotopic (exact) mass is 296 g/mol. The average Bonchev–Trinajstić information content (AvgIpc) is 2.56. The third-order valence-electron chi connectivity index (χ3n) is 4.03. The van der Waals surface area contributed by atoms with Crippen LogP contribution < -0.4 is 10.2 Å². The number of carbonyl (C=O) groups is 1. The van der Waals surface area contributed by atoms with Crippen LogP contribution in [0.4, 0.5) is 17.1 Å². The lowest BCUT2D eigenvalue weighted by Crippen LogP contribution is -2.29. The summed E-state index contributed by atoms with van der Waals surface area (Å²) < 4.78 is 0. The zero-order chi connectivity index (χ0) is 15.4. The Morgan fingerprint density at radius 2 is 1.55 bits per heavy atom. The molecule has 0 bridgehead atoms. The Hall–Kier alpha value is -2.49. The molecule has 4 heteroatoms. The number of anilines is 3. The van der Waals surface area contributed by atoms with Crippen molar-refractivity contribution in [1.82, 2.24) is 0 Å². The van der Waals surface area contributed by atoms with Crippen molar-refractivity contribution in [3.8, 4) is 0 Å². The second kappa shape index (κ2) is 6.52. The smallest absolute Gasteiger partial charge is 0.337 e. The standard InChI is InChI=1S/C18H20N2O2/c21-18(22)14-8-2-3-9-15(14)19-16-10-4-5-11-17(16)20-12-6-1-7-13-20/h2-5,8-11,19H,1,6-7,12-13H2,(H,21,22). The molecule has 114 valence electrons. The van der Waals surface area contributed by atoms with Gasteiger partial charge in [0.2, 0.25) is 0 Å². The summed E-state index contributed by atoms with van der Waals surface area (Å²) in [5.41, 5.74) is 3.01. The fourth-order valence-corrected chi connectivity index (χ4v) is 2.91. The Balaban J connectivity index is 1.91. The minimum atomic E-state index is -0.918. The third kappa shape index (κ3) is 3.06. The minimum Gasteiger partial charge on any atom is -0.478 e. The van der Waals surface area contributed by atoms with Gasteiger partial charge in [0, 0.05) is 13.1 Å². The van der Waals surface area contributed by atoms with Crippen LogP contribution in [0.25, 0.3) is 0 Å². The summed E-state index contributed by atoms with van der Waals surface area (Å²) in [6, 6.07) is 15.1. The lowest BCUT2D eigenvalue weighted by Gasteiger charge is -2.30. The Bertz CT molecular complexity index is 664. The highest BCUT2D eigenvalue weighted by Crippen LogP contribution is 2.31. The topological polar surface area (TPSA) is 52.6 Å². The molecule has 1 aliphatic rings. The van der Waals surface area contributed by atoms with Gasteiger partial charge in [-0.25, -0.2) is 4.79 Å². The minimum absolute atomic E-state index is 0.288. The number of rotatable bonds is 4. The zero-order valence-corrected chi connectivity index (χ0v) is 12.5. The molecular formula is C18H20N2O2. The molecule has 2 aromatic carbocycles. The Morgan fingerprint density at radius 3 is 2.27 bits per heavy atom. The second-order valence-electron chi connectivity index (χ2n) is 5.54. The SMILES string of the molecule is O=C(O)c1ccccc1Nc1ccccc1N1CCCCC1. The Kier molecular flexibility index (Phi) is 4.28. The zero-order valence-electron chi connectivity index (χ0n) is 12.5. The van der Waals surface area contributed by atoms with Crippen molar-refractivity contribution in [1.29, 1.82) is 0 Å². The molecule has 2 N–H and O–H groups in total. The molecule has 0 spiro atoms. The van der Waals surface area contributed by atoms with E-state index in [0.717, 1.165) is 24.5 Å². The Morgan fingerprint density at radius 1 is 0.909 bits per heavy atom. The number of para-hydroxylation sites is 3. The van der Waals surface area contributed by atoms with E-state index in [0.29, 0.717) is 5.69 Å². The van der Waals surface area contributed by atoms with Gasteiger partial charge in [0.1, 0.15) is 0 Å². The fraction of sp³-hybridized carbons (Fsp3) is 0.278. The summed E-state index contributed by atoms with van der Waals surface area (Å²) in [5.74, 6) is -0.918. The summed E-state index contributed by atoms with van der Waals surface area (Å²) >= 11 is 0. The number of nitrogens with zero attached hydrogens (tertiary/aromatic N) is 1. The van der Waals surface area contributed by atoms with Gasteiger partial charge in [0.05, 0.1) is 22.6 Å². The van der Waals surface area contributed by atoms with Crippen molar-refractivity contribution in [2.75, 3.05) is 23.3 Å². The van der Waals surface area contributed by atoms with E-state index in [4.69, 9.17) is 0 Å². The number of benzene rings is 2. The van der Waals surface area contributed by atoms with Crippen LogP contribution in [0.3, 0.4) is 0 Å². The maximum atomic E-state index is 11.3. The molecule has 1 saturated heterocycles. The van der Waals surface area contributed by atoms with E-state index in [1.807, 2.05) is 24.3 Å². The summed E-state index contributed by atoms with van der Waals surface area (Å²) in [4.78, 5) is 13.7. The maximum Gasteiger partial charge on any atom is 0.337 e. The molecule has 0 saturated carbocycles. The molecule has 2 aromatic rings. The summed E-state index contributed by atoms with van der Waals surface area (Å²) in [6.45, 7) is 2.11. The van der Waals surface area contributed by atoms with Gasteiger partial charge in [-0.1, -0.05) is 24.3 Å². The van der Waals surface area contributed by atoms with Gasteiger partial charge < -0.3 is 15.3 Å². The van der Waals surface area contributed by atoms with Crippen LogP contribution in [-0.2, 0) is 0 Å². The van der Waals surface area contributed by atoms with Gasteiger partial charge in [-0.2, -0.15) is 0 Å². The predicted molar refractivity (Wildman–Crippen MR) is 89.2 cm³/mol. The largest absolute Gasteiger partial charge is 0.478 e. The molecular weight excluding hydrogens is 276 g/mol. The van der Waals surface area contributed by atoms with Crippen molar-refractivity contribution < 1.29 is 9.90 Å². The number of nitrogens with one attached hydrogen (secondary N) is 1. The van der Waals surface area contributed by atoms with Crippen molar-refractivity contribution >= 4 is 23.0 Å². The van der Waals surface area contributed by atoms with Crippen LogP contribution in [0.15, 0.2) is 48.5 Å². The molecule has 1 fully saturated rings. The van der Waals surface area contributed by atoms with Crippen molar-refractivity contribution in [3.05, 3.63) is 54.1 Å². The number of aromatic carboxylic acids is 1. The summed E-state index contributed by atoms with van der Waals surface area (Å²) in [6.07, 6.45) is 3.70. The number of hydrogen-bond acceptors (Lipinski definition) is 3. The van der Waals surface area contributed by atoms with Crippen molar-refractivity contribution in [2.45, 2.75) is 19.3 Å². The molecule has 0 atom stereocenters. The second-order valence-corrected chi connectivity index (χ2v) is 5.54. The van der Waals surface area contributed by atoms with E-state index >= 15 is 0 Å². The van der Waals surface area contributed by atoms with E-state index < -0.39 is 5.97 Å². The molecule has 0 radical (unpaired) electrons. The first-order chi connectivity index (χ1) is 10.8. The van der Waals surface area contributed by atoms with Gasteiger partial charge in [-0.3, -0.25) is 0 Å². The van der Waals surface area contributed by atoms with Gasteiger partial charge in [0.15, 0.2) is 0 Å². The van der Waals surface area contributed by atoms with Crippen LogP contribution in [-0.4, -0.2) is 24.2 Å². The molecule has 1 aliphatic heterocycles. The average molecular weight is 296 g/mol. The van der Waals surface area contributed by atoms with Crippen LogP contribution in [0.2, 0.25) is 0 Å². The first-order valence-corrected chi connectivity index (χ1v) is 7.69. The van der Waals surface area contributed by atoms with Gasteiger partial charge >= 0.3 is 5.97 Å². The first kappa shape index (κ1) is 14.4. The predicted octanol–water partition coefficient (Wildman–Crippen LogP) is 4.12. The van der Waals surface area contributed by atoms with Gasteiger partial charge in [-0.05, 0) is 43.5 Å². The maximum absolute atomic E-state index is 11.3. The van der Waals surface area contributed by atoms with Crippen molar-refractivity contribution in [3.63, 3.8) is 0 Å². The molecule has 0 amide bonds. The molecule has 0 aromatic heterocycles. The van der Waals surface area contributed by atoms with Crippen LogP contribution in [0.5, 0.6) is 0 Å². The van der Waals surface area contributed by atoms with Crippen molar-refractivity contribution in [2.24, 2.45) is 0 Å². The van der Waals surface area contributed by atoms with E-state index in [1.165, 1.54) is 19.3 Å². The Labute approximate surface area is 130 Å². The van der Waals surface area contributed by atoms with E-state index in [-0.39, 0.29) is 5.56 Å². The lowest BCUT2D eigenvalue weighted by molar-refractivity contribution is 0.0698. The number of carboxylic acids is 1. The molecule has 4 nitrogen and oxygen atoms in total.